The number of ether oxygens (including phenoxy) is 2. The van der Waals surface area contributed by atoms with E-state index in [9.17, 15) is 14.7 Å². The standard InChI is InChI=1S/C21H24N2O5/c1-4-13(2)23-20(22-16-8-6-5-7-15(16)21(23)26)14-9-10-17(18(11-14)27-3)28-12-19(24)25/h5-11,13,20,22H,4,12H2,1-3H3,(H,24,25)/p-1/t13-,20+/m1/s1. The number of rotatable bonds is 7. The predicted octanol–water partition coefficient (Wildman–Crippen LogP) is 2.19. The maximum absolute atomic E-state index is 13.2. The monoisotopic (exact) mass is 383 g/mol. The van der Waals surface area contributed by atoms with Gasteiger partial charge in [-0.15, -0.1) is 0 Å². The number of nitrogens with zero attached hydrogens (tertiary/aromatic N) is 1. The lowest BCUT2D eigenvalue weighted by Gasteiger charge is -2.41. The highest BCUT2D eigenvalue weighted by molar-refractivity contribution is 6.01. The molecule has 7 heteroatoms. The summed E-state index contributed by atoms with van der Waals surface area (Å²) in [5, 5.41) is 14.1. The second-order valence-corrected chi connectivity index (χ2v) is 6.63. The Hall–Kier alpha value is -3.22. The van der Waals surface area contributed by atoms with E-state index in [1.807, 2.05) is 43.0 Å². The molecule has 1 heterocycles. The fourth-order valence-electron chi connectivity index (χ4n) is 3.27. The summed E-state index contributed by atoms with van der Waals surface area (Å²) >= 11 is 0. The van der Waals surface area contributed by atoms with Gasteiger partial charge in [0.05, 0.1) is 18.6 Å². The van der Waals surface area contributed by atoms with Gasteiger partial charge in [-0.25, -0.2) is 0 Å². The predicted molar refractivity (Wildman–Crippen MR) is 102 cm³/mol. The SMILES string of the molecule is CC[C@@H](C)N1C(=O)c2ccccc2N[C@@H]1c1ccc(OCC(=O)[O-])c(OC)c1. The molecule has 0 saturated carbocycles. The first-order valence-electron chi connectivity index (χ1n) is 9.15. The van der Waals surface area contributed by atoms with Crippen molar-refractivity contribution < 1.29 is 24.2 Å². The third-order valence-electron chi connectivity index (χ3n) is 4.88. The molecule has 1 aliphatic heterocycles. The van der Waals surface area contributed by atoms with Gasteiger partial charge in [0.15, 0.2) is 11.5 Å². The molecule has 0 unspecified atom stereocenters. The summed E-state index contributed by atoms with van der Waals surface area (Å²) in [4.78, 5) is 25.6. The Morgan fingerprint density at radius 3 is 2.68 bits per heavy atom. The van der Waals surface area contributed by atoms with Gasteiger partial charge in [0.1, 0.15) is 12.8 Å². The lowest BCUT2D eigenvalue weighted by atomic mass is 10.0. The Morgan fingerprint density at radius 1 is 1.25 bits per heavy atom. The normalized spacial score (nSPS) is 16.8. The molecule has 0 bridgehead atoms. The van der Waals surface area contributed by atoms with Crippen molar-refractivity contribution in [3.63, 3.8) is 0 Å². The fourth-order valence-corrected chi connectivity index (χ4v) is 3.27. The molecule has 0 fully saturated rings. The number of methoxy groups -OCH3 is 1. The fraction of sp³-hybridized carbons (Fsp3) is 0.333. The third kappa shape index (κ3) is 3.74. The van der Waals surface area contributed by atoms with Crippen LogP contribution in [0.15, 0.2) is 42.5 Å². The van der Waals surface area contributed by atoms with Crippen molar-refractivity contribution in [1.82, 2.24) is 4.90 Å². The molecular weight excluding hydrogens is 360 g/mol. The molecule has 148 valence electrons. The summed E-state index contributed by atoms with van der Waals surface area (Å²) in [6.45, 7) is 3.48. The maximum atomic E-state index is 13.2. The maximum Gasteiger partial charge on any atom is 0.258 e. The van der Waals surface area contributed by atoms with Crippen LogP contribution in [0, 0.1) is 0 Å². The number of hydrogen-bond donors (Lipinski definition) is 1. The minimum atomic E-state index is -1.31. The van der Waals surface area contributed by atoms with Crippen LogP contribution in [0.3, 0.4) is 0 Å². The molecule has 0 saturated heterocycles. The number of carboxylic acid groups (broad SMARTS) is 1. The summed E-state index contributed by atoms with van der Waals surface area (Å²) in [7, 11) is 1.48. The summed E-state index contributed by atoms with van der Waals surface area (Å²) in [6.07, 6.45) is 0.414. The summed E-state index contributed by atoms with van der Waals surface area (Å²) in [6, 6.07) is 12.6. The lowest BCUT2D eigenvalue weighted by Crippen LogP contribution is -2.47. The van der Waals surface area contributed by atoms with Crippen LogP contribution in [0.2, 0.25) is 0 Å². The molecule has 3 rings (SSSR count). The molecule has 0 radical (unpaired) electrons. The van der Waals surface area contributed by atoms with Crippen molar-refractivity contribution in [1.29, 1.82) is 0 Å². The average molecular weight is 383 g/mol. The van der Waals surface area contributed by atoms with E-state index in [0.29, 0.717) is 17.1 Å². The van der Waals surface area contributed by atoms with Crippen molar-refractivity contribution in [2.24, 2.45) is 0 Å². The summed E-state index contributed by atoms with van der Waals surface area (Å²) < 4.78 is 10.6. The first-order chi connectivity index (χ1) is 13.5. The van der Waals surface area contributed by atoms with Gasteiger partial charge in [0, 0.05) is 11.7 Å². The summed E-state index contributed by atoms with van der Waals surface area (Å²) in [5.41, 5.74) is 2.22. The second kappa shape index (κ2) is 8.21. The van der Waals surface area contributed by atoms with Gasteiger partial charge in [-0.3, -0.25) is 4.79 Å². The molecule has 0 spiro atoms. The molecule has 2 aromatic carbocycles. The first-order valence-corrected chi connectivity index (χ1v) is 9.15. The Kier molecular flexibility index (Phi) is 5.73. The van der Waals surface area contributed by atoms with Crippen LogP contribution in [0.25, 0.3) is 0 Å². The van der Waals surface area contributed by atoms with Gasteiger partial charge in [0.2, 0.25) is 0 Å². The molecule has 1 amide bonds. The van der Waals surface area contributed by atoms with Crippen molar-refractivity contribution in [3.05, 3.63) is 53.6 Å². The van der Waals surface area contributed by atoms with Gasteiger partial charge in [-0.1, -0.05) is 25.1 Å². The molecule has 1 N–H and O–H groups in total. The molecule has 2 aromatic rings. The lowest BCUT2D eigenvalue weighted by molar-refractivity contribution is -0.307. The largest absolute Gasteiger partial charge is 0.546 e. The number of amides is 1. The van der Waals surface area contributed by atoms with Crippen LogP contribution in [0.1, 0.15) is 42.4 Å². The van der Waals surface area contributed by atoms with E-state index in [1.54, 1.807) is 18.2 Å². The van der Waals surface area contributed by atoms with E-state index in [1.165, 1.54) is 7.11 Å². The topological polar surface area (TPSA) is 90.9 Å². The van der Waals surface area contributed by atoms with E-state index >= 15 is 0 Å². The van der Waals surface area contributed by atoms with Crippen LogP contribution < -0.4 is 19.9 Å². The third-order valence-corrected chi connectivity index (χ3v) is 4.88. The quantitative estimate of drug-likeness (QED) is 0.788. The van der Waals surface area contributed by atoms with Gasteiger partial charge in [0.25, 0.3) is 5.91 Å². The van der Waals surface area contributed by atoms with Crippen molar-refractivity contribution in [2.45, 2.75) is 32.5 Å². The van der Waals surface area contributed by atoms with Crippen molar-refractivity contribution in [2.75, 3.05) is 19.0 Å². The number of carboxylic acids is 1. The van der Waals surface area contributed by atoms with Crippen LogP contribution in [-0.2, 0) is 4.79 Å². The highest BCUT2D eigenvalue weighted by Gasteiger charge is 2.35. The minimum Gasteiger partial charge on any atom is -0.546 e. The molecule has 1 aliphatic rings. The molecule has 2 atom stereocenters. The van der Waals surface area contributed by atoms with E-state index in [0.717, 1.165) is 17.7 Å². The highest BCUT2D eigenvalue weighted by Crippen LogP contribution is 2.38. The van der Waals surface area contributed by atoms with Crippen LogP contribution in [0.4, 0.5) is 5.69 Å². The number of benzene rings is 2. The number of nitrogens with one attached hydrogen (secondary N) is 1. The number of aliphatic carboxylic acids is 1. The first kappa shape index (κ1) is 19.5. The van der Waals surface area contributed by atoms with E-state index in [2.05, 4.69) is 5.32 Å². The molecule has 7 nitrogen and oxygen atoms in total. The molecular formula is C21H23N2O5-. The van der Waals surface area contributed by atoms with Gasteiger partial charge >= 0.3 is 0 Å². The van der Waals surface area contributed by atoms with Gasteiger partial charge in [-0.05, 0) is 43.2 Å². The van der Waals surface area contributed by atoms with Crippen LogP contribution in [0.5, 0.6) is 11.5 Å². The van der Waals surface area contributed by atoms with Gasteiger partial charge in [-0.2, -0.15) is 0 Å². The van der Waals surface area contributed by atoms with Crippen molar-refractivity contribution in [3.8, 4) is 11.5 Å². The van der Waals surface area contributed by atoms with Crippen molar-refractivity contribution >= 4 is 17.6 Å². The van der Waals surface area contributed by atoms with Gasteiger partial charge < -0.3 is 29.6 Å². The highest BCUT2D eigenvalue weighted by atomic mass is 16.5. The van der Waals surface area contributed by atoms with Crippen LogP contribution in [-0.4, -0.2) is 36.5 Å². The Bertz CT molecular complexity index is 883. The Labute approximate surface area is 163 Å². The number of anilines is 1. The zero-order valence-corrected chi connectivity index (χ0v) is 16.1. The number of carbonyl (C=O) groups is 2. The molecule has 0 aromatic heterocycles. The second-order valence-electron chi connectivity index (χ2n) is 6.63. The van der Waals surface area contributed by atoms with E-state index in [-0.39, 0.29) is 18.1 Å². The van der Waals surface area contributed by atoms with E-state index < -0.39 is 12.6 Å². The zero-order chi connectivity index (χ0) is 20.3. The number of carbonyl (C=O) groups excluding carboxylic acids is 2. The molecule has 0 aliphatic carbocycles. The van der Waals surface area contributed by atoms with E-state index in [4.69, 9.17) is 9.47 Å². The Balaban J connectivity index is 2.00. The number of fused-ring (bicyclic) bond motifs is 1. The Morgan fingerprint density at radius 2 is 2.00 bits per heavy atom. The average Bonchev–Trinajstić information content (AvgIpc) is 2.71. The number of hydrogen-bond acceptors (Lipinski definition) is 6. The number of para-hydroxylation sites is 1. The summed E-state index contributed by atoms with van der Waals surface area (Å²) in [5.74, 6) is -0.667. The molecule has 28 heavy (non-hydrogen) atoms. The van der Waals surface area contributed by atoms with Crippen LogP contribution >= 0.6 is 0 Å². The zero-order valence-electron chi connectivity index (χ0n) is 16.1. The minimum absolute atomic E-state index is 0.0124. The smallest absolute Gasteiger partial charge is 0.258 e.